The first-order chi connectivity index (χ1) is 13.2. The number of aromatic nitrogens is 2. The summed E-state index contributed by atoms with van der Waals surface area (Å²) >= 11 is 0. The molecule has 0 aliphatic heterocycles. The van der Waals surface area contributed by atoms with Crippen LogP contribution in [0.25, 0.3) is 5.69 Å². The van der Waals surface area contributed by atoms with Crippen molar-refractivity contribution in [3.63, 3.8) is 0 Å². The summed E-state index contributed by atoms with van der Waals surface area (Å²) in [4.78, 5) is 12.7. The molecule has 2 aromatic carbocycles. The van der Waals surface area contributed by atoms with Crippen LogP contribution in [0.1, 0.15) is 40.5 Å². The van der Waals surface area contributed by atoms with E-state index in [0.29, 0.717) is 24.8 Å². The SMILES string of the molecule is Cc1ccc(OCCNC(=O)c2cc(C3CC3)nn2-c2ccccc2)cc1. The number of hydrogen-bond donors (Lipinski definition) is 1. The predicted octanol–water partition coefficient (Wildman–Crippen LogP) is 3.87. The fourth-order valence-electron chi connectivity index (χ4n) is 2.96. The van der Waals surface area contributed by atoms with Crippen molar-refractivity contribution in [2.75, 3.05) is 13.2 Å². The van der Waals surface area contributed by atoms with E-state index in [1.807, 2.05) is 67.6 Å². The van der Waals surface area contributed by atoms with E-state index in [9.17, 15) is 4.79 Å². The molecule has 0 saturated heterocycles. The Labute approximate surface area is 159 Å². The summed E-state index contributed by atoms with van der Waals surface area (Å²) in [5, 5.41) is 7.61. The number of carbonyl (C=O) groups is 1. The van der Waals surface area contributed by atoms with Gasteiger partial charge in [-0.15, -0.1) is 0 Å². The molecule has 1 heterocycles. The van der Waals surface area contributed by atoms with Gasteiger partial charge in [0.2, 0.25) is 0 Å². The van der Waals surface area contributed by atoms with Gasteiger partial charge >= 0.3 is 0 Å². The number of benzene rings is 2. The second-order valence-corrected chi connectivity index (χ2v) is 6.89. The summed E-state index contributed by atoms with van der Waals surface area (Å²) in [6, 6.07) is 19.6. The van der Waals surface area contributed by atoms with Crippen molar-refractivity contribution in [3.8, 4) is 11.4 Å². The van der Waals surface area contributed by atoms with Crippen molar-refractivity contribution < 1.29 is 9.53 Å². The number of hydrogen-bond acceptors (Lipinski definition) is 3. The third-order valence-electron chi connectivity index (χ3n) is 4.63. The molecule has 1 amide bonds. The summed E-state index contributed by atoms with van der Waals surface area (Å²) in [6.07, 6.45) is 2.30. The van der Waals surface area contributed by atoms with Crippen LogP contribution in [-0.2, 0) is 0 Å². The Morgan fingerprint density at radius 1 is 1.15 bits per heavy atom. The van der Waals surface area contributed by atoms with Crippen LogP contribution in [0.2, 0.25) is 0 Å². The van der Waals surface area contributed by atoms with Crippen LogP contribution in [0.15, 0.2) is 60.7 Å². The van der Waals surface area contributed by atoms with Gasteiger partial charge in [-0.2, -0.15) is 5.10 Å². The first-order valence-electron chi connectivity index (χ1n) is 9.34. The lowest BCUT2D eigenvalue weighted by Crippen LogP contribution is -2.29. The lowest BCUT2D eigenvalue weighted by molar-refractivity contribution is 0.0939. The lowest BCUT2D eigenvalue weighted by atomic mass is 10.2. The van der Waals surface area contributed by atoms with Crippen LogP contribution in [0, 0.1) is 6.92 Å². The molecule has 0 bridgehead atoms. The average Bonchev–Trinajstić information content (AvgIpc) is 3.45. The minimum Gasteiger partial charge on any atom is -0.492 e. The summed E-state index contributed by atoms with van der Waals surface area (Å²) in [5.41, 5.74) is 3.65. The molecule has 1 saturated carbocycles. The molecule has 1 fully saturated rings. The standard InChI is InChI=1S/C22H23N3O2/c1-16-7-11-19(12-8-16)27-14-13-23-22(26)21-15-20(17-9-10-17)24-25(21)18-5-3-2-4-6-18/h2-8,11-12,15,17H,9-10,13-14H2,1H3,(H,23,26). The van der Waals surface area contributed by atoms with E-state index >= 15 is 0 Å². The zero-order valence-electron chi connectivity index (χ0n) is 15.4. The second-order valence-electron chi connectivity index (χ2n) is 6.89. The van der Waals surface area contributed by atoms with Gasteiger partial charge in [0.1, 0.15) is 18.1 Å². The van der Waals surface area contributed by atoms with Crippen LogP contribution >= 0.6 is 0 Å². The molecular formula is C22H23N3O2. The molecule has 5 nitrogen and oxygen atoms in total. The predicted molar refractivity (Wildman–Crippen MR) is 105 cm³/mol. The Morgan fingerprint density at radius 3 is 2.59 bits per heavy atom. The highest BCUT2D eigenvalue weighted by atomic mass is 16.5. The van der Waals surface area contributed by atoms with Crippen molar-refractivity contribution in [3.05, 3.63) is 77.6 Å². The Morgan fingerprint density at radius 2 is 1.89 bits per heavy atom. The van der Waals surface area contributed by atoms with Gasteiger partial charge in [0, 0.05) is 5.92 Å². The van der Waals surface area contributed by atoms with E-state index in [-0.39, 0.29) is 5.91 Å². The van der Waals surface area contributed by atoms with E-state index in [2.05, 4.69) is 10.4 Å². The third kappa shape index (κ3) is 4.19. The zero-order chi connectivity index (χ0) is 18.6. The topological polar surface area (TPSA) is 56.1 Å². The molecule has 5 heteroatoms. The van der Waals surface area contributed by atoms with Crippen LogP contribution in [0.3, 0.4) is 0 Å². The van der Waals surface area contributed by atoms with E-state index < -0.39 is 0 Å². The summed E-state index contributed by atoms with van der Waals surface area (Å²) in [6.45, 7) is 2.89. The fraction of sp³-hybridized carbons (Fsp3) is 0.273. The Balaban J connectivity index is 1.41. The maximum absolute atomic E-state index is 12.7. The molecule has 1 aromatic heterocycles. The molecule has 0 atom stereocenters. The van der Waals surface area contributed by atoms with Gasteiger partial charge in [0.15, 0.2) is 0 Å². The highest BCUT2D eigenvalue weighted by Crippen LogP contribution is 2.39. The average molecular weight is 361 g/mol. The monoisotopic (exact) mass is 361 g/mol. The number of ether oxygens (including phenoxy) is 1. The Kier molecular flexibility index (Phi) is 4.92. The van der Waals surface area contributed by atoms with Gasteiger partial charge in [-0.1, -0.05) is 35.9 Å². The number of carbonyl (C=O) groups excluding carboxylic acids is 1. The number of rotatable bonds is 7. The highest BCUT2D eigenvalue weighted by Gasteiger charge is 2.28. The maximum atomic E-state index is 12.7. The molecule has 0 unspecified atom stereocenters. The quantitative estimate of drug-likeness (QED) is 0.650. The van der Waals surface area contributed by atoms with Gasteiger partial charge in [0.25, 0.3) is 5.91 Å². The summed E-state index contributed by atoms with van der Waals surface area (Å²) in [7, 11) is 0. The first-order valence-corrected chi connectivity index (χ1v) is 9.34. The molecule has 27 heavy (non-hydrogen) atoms. The normalized spacial score (nSPS) is 13.4. The summed E-state index contributed by atoms with van der Waals surface area (Å²) in [5.74, 6) is 1.16. The van der Waals surface area contributed by atoms with Crippen molar-refractivity contribution in [2.24, 2.45) is 0 Å². The molecule has 138 valence electrons. The second kappa shape index (κ2) is 7.66. The minimum atomic E-state index is -0.134. The van der Waals surface area contributed by atoms with Crippen LogP contribution < -0.4 is 10.1 Å². The summed E-state index contributed by atoms with van der Waals surface area (Å²) < 4.78 is 7.42. The third-order valence-corrected chi connectivity index (χ3v) is 4.63. The molecular weight excluding hydrogens is 338 g/mol. The molecule has 0 radical (unpaired) electrons. The van der Waals surface area contributed by atoms with Gasteiger partial charge in [-0.05, 0) is 50.1 Å². The van der Waals surface area contributed by atoms with Gasteiger partial charge < -0.3 is 10.1 Å². The van der Waals surface area contributed by atoms with Crippen LogP contribution in [0.4, 0.5) is 0 Å². The van der Waals surface area contributed by atoms with Crippen LogP contribution in [0.5, 0.6) is 5.75 Å². The number of amides is 1. The van der Waals surface area contributed by atoms with E-state index in [1.54, 1.807) is 4.68 Å². The van der Waals surface area contributed by atoms with E-state index in [4.69, 9.17) is 4.74 Å². The molecule has 1 aliphatic carbocycles. The smallest absolute Gasteiger partial charge is 0.270 e. The molecule has 0 spiro atoms. The minimum absolute atomic E-state index is 0.134. The molecule has 1 N–H and O–H groups in total. The van der Waals surface area contributed by atoms with Crippen molar-refractivity contribution in [1.29, 1.82) is 0 Å². The maximum Gasteiger partial charge on any atom is 0.270 e. The lowest BCUT2D eigenvalue weighted by Gasteiger charge is -2.09. The van der Waals surface area contributed by atoms with Crippen molar-refractivity contribution in [2.45, 2.75) is 25.7 Å². The molecule has 3 aromatic rings. The fourth-order valence-corrected chi connectivity index (χ4v) is 2.96. The van der Waals surface area contributed by atoms with Gasteiger partial charge in [0.05, 0.1) is 17.9 Å². The van der Waals surface area contributed by atoms with Gasteiger partial charge in [-0.3, -0.25) is 4.79 Å². The Hall–Kier alpha value is -3.08. The number of nitrogens with zero attached hydrogens (tertiary/aromatic N) is 2. The number of nitrogens with one attached hydrogen (secondary N) is 1. The molecule has 1 aliphatic rings. The largest absolute Gasteiger partial charge is 0.492 e. The Bertz CT molecular complexity index is 912. The highest BCUT2D eigenvalue weighted by molar-refractivity contribution is 5.93. The van der Waals surface area contributed by atoms with Crippen molar-refractivity contribution >= 4 is 5.91 Å². The van der Waals surface area contributed by atoms with Gasteiger partial charge in [-0.25, -0.2) is 4.68 Å². The van der Waals surface area contributed by atoms with Crippen LogP contribution in [-0.4, -0.2) is 28.8 Å². The number of aryl methyl sites for hydroxylation is 1. The van der Waals surface area contributed by atoms with E-state index in [0.717, 1.165) is 30.0 Å². The molecule has 4 rings (SSSR count). The van der Waals surface area contributed by atoms with E-state index in [1.165, 1.54) is 5.56 Å². The zero-order valence-corrected chi connectivity index (χ0v) is 15.4. The first kappa shape index (κ1) is 17.3. The number of para-hydroxylation sites is 1. The van der Waals surface area contributed by atoms with Crippen molar-refractivity contribution in [1.82, 2.24) is 15.1 Å².